The minimum Gasteiger partial charge on any atom is -0.478 e. The Morgan fingerprint density at radius 2 is 0.741 bits per heavy atom. The van der Waals surface area contributed by atoms with Gasteiger partial charge in [-0.3, -0.25) is 0 Å². The lowest BCUT2D eigenvalue weighted by Crippen LogP contribution is -2.37. The van der Waals surface area contributed by atoms with Crippen molar-refractivity contribution < 1.29 is 47.9 Å². The normalized spacial score (nSPS) is 10.7. The molecule has 8 rings (SSSR count). The summed E-state index contributed by atoms with van der Waals surface area (Å²) in [4.78, 5) is 39.5. The zero-order valence-corrected chi connectivity index (χ0v) is 29.8. The summed E-state index contributed by atoms with van der Waals surface area (Å²) in [6.07, 6.45) is 0. The summed E-state index contributed by atoms with van der Waals surface area (Å²) in [6, 6.07) is 39.9. The molecule has 0 saturated heterocycles. The molecule has 2 aromatic heterocycles. The highest BCUT2D eigenvalue weighted by atomic mass is 19.1. The summed E-state index contributed by atoms with van der Waals surface area (Å²) >= 11 is 0. The van der Waals surface area contributed by atoms with Gasteiger partial charge in [0.2, 0.25) is 22.1 Å². The van der Waals surface area contributed by atoms with E-state index in [-0.39, 0.29) is 24.2 Å². The molecule has 0 aliphatic heterocycles. The lowest BCUT2D eigenvalue weighted by Gasteiger charge is -2.17. The van der Waals surface area contributed by atoms with Crippen molar-refractivity contribution in [2.75, 3.05) is 0 Å². The van der Waals surface area contributed by atoms with Crippen LogP contribution >= 0.6 is 0 Å². The fourth-order valence-electron chi connectivity index (χ4n) is 7.07. The van der Waals surface area contributed by atoms with Crippen molar-refractivity contribution in [1.82, 2.24) is 0 Å². The number of benzene rings is 6. The van der Waals surface area contributed by atoms with E-state index in [2.05, 4.69) is 33.4 Å². The number of carboxylic acid groups (broad SMARTS) is 2. The molecule has 0 amide bonds. The van der Waals surface area contributed by atoms with Crippen LogP contribution in [-0.2, 0) is 13.1 Å². The van der Waals surface area contributed by atoms with Crippen molar-refractivity contribution >= 4 is 55.6 Å². The monoisotopic (exact) mass is 786 g/mol. The van der Waals surface area contributed by atoms with E-state index in [1.165, 1.54) is 24.3 Å². The number of para-hydroxylation sites is 4. The second-order valence-corrected chi connectivity index (χ2v) is 12.7. The van der Waals surface area contributed by atoms with Gasteiger partial charge in [-0.1, -0.05) is 48.5 Å². The molecule has 290 valence electrons. The molecule has 0 unspecified atom stereocenters. The first kappa shape index (κ1) is 39.6. The number of hydrogen-bond donors (Lipinski definition) is 2. The number of halogens is 2. The van der Waals surface area contributed by atoms with Gasteiger partial charge >= 0.3 is 11.9 Å². The molecule has 58 heavy (non-hydrogen) atoms. The summed E-state index contributed by atoms with van der Waals surface area (Å²) in [5.74, 6) is -3.55. The lowest BCUT2D eigenvalue weighted by atomic mass is 9.90. The van der Waals surface area contributed by atoms with Gasteiger partial charge in [-0.2, -0.15) is 9.13 Å². The molecule has 0 bridgehead atoms. The molecule has 8 aromatic rings. The van der Waals surface area contributed by atoms with E-state index in [1.54, 1.807) is 0 Å². The van der Waals surface area contributed by atoms with Crippen molar-refractivity contribution in [1.29, 1.82) is 0 Å². The van der Waals surface area contributed by atoms with Crippen molar-refractivity contribution in [2.24, 2.45) is 0 Å². The second kappa shape index (κ2) is 16.7. The Morgan fingerprint density at radius 1 is 0.483 bits per heavy atom. The third kappa shape index (κ3) is 8.11. The molecule has 0 saturated carbocycles. The minimum atomic E-state index is -1.75. The van der Waals surface area contributed by atoms with Crippen LogP contribution in [0.2, 0.25) is 0 Å². The average Bonchev–Trinajstić information content (AvgIpc) is 3.19. The van der Waals surface area contributed by atoms with E-state index >= 15 is 8.78 Å². The average molecular weight is 787 g/mol. The summed E-state index contributed by atoms with van der Waals surface area (Å²) in [5, 5.41) is 52.0. The van der Waals surface area contributed by atoms with Gasteiger partial charge in [0.25, 0.3) is 0 Å². The number of pyridine rings is 2. The van der Waals surface area contributed by atoms with Gasteiger partial charge < -0.3 is 40.9 Å². The van der Waals surface area contributed by atoms with Crippen LogP contribution in [0.5, 0.6) is 0 Å². The maximum Gasteiger partial charge on any atom is 0.335 e. The summed E-state index contributed by atoms with van der Waals surface area (Å²) < 4.78 is 34.8. The Hall–Kier alpha value is -8.14. The quantitative estimate of drug-likeness (QED) is 0.0691. The van der Waals surface area contributed by atoms with E-state index in [0.717, 1.165) is 66.9 Å². The molecule has 0 radical (unpaired) electrons. The number of hydrogen-bond acceptors (Lipinski definition) is 8. The highest BCUT2D eigenvalue weighted by molar-refractivity contribution is 6.18. The van der Waals surface area contributed by atoms with Crippen LogP contribution in [0.25, 0.3) is 54.7 Å². The van der Waals surface area contributed by atoms with E-state index in [0.29, 0.717) is 11.1 Å². The Morgan fingerprint density at radius 3 is 0.983 bits per heavy atom. The van der Waals surface area contributed by atoms with E-state index < -0.39 is 33.7 Å². The van der Waals surface area contributed by atoms with Crippen LogP contribution in [0, 0.1) is 42.3 Å². The van der Waals surface area contributed by atoms with Gasteiger partial charge in [-0.05, 0) is 60.7 Å². The molecular weight excluding hydrogens is 758 g/mol. The smallest absolute Gasteiger partial charge is 0.335 e. The summed E-state index contributed by atoms with van der Waals surface area (Å²) in [6.45, 7) is 0.352. The largest absolute Gasteiger partial charge is 0.478 e. The topological polar surface area (TPSA) is 215 Å². The zero-order chi connectivity index (χ0) is 41.7. The van der Waals surface area contributed by atoms with E-state index in [4.69, 9.17) is 30.6 Å². The fraction of sp³-hybridized carbons (Fsp3) is 0.0476. The van der Waals surface area contributed by atoms with Crippen LogP contribution in [0.1, 0.15) is 31.8 Å². The third-order valence-corrected chi connectivity index (χ3v) is 9.36. The fourth-order valence-corrected chi connectivity index (χ4v) is 7.07. The number of aromatic nitrogens is 2. The highest BCUT2D eigenvalue weighted by Gasteiger charge is 2.28. The first-order valence-electron chi connectivity index (χ1n) is 17.1. The molecule has 0 spiro atoms. The molecule has 2 N–H and O–H groups in total. The predicted molar refractivity (Wildman–Crippen MR) is 208 cm³/mol. The van der Waals surface area contributed by atoms with Gasteiger partial charge in [0.05, 0.1) is 54.0 Å². The highest BCUT2D eigenvalue weighted by Crippen LogP contribution is 2.41. The standard InChI is InChI=1S/C42H26F2N2O4.2NO3/c43-33-21-25(41(47)48)17-19-27(33)23-45-35-13-5-1-9-29(35)39(30-10-2-6-14-36(30)45)40-31-11-3-7-15-37(31)46(38-16-8-4-12-32(38)40)24-28-20-18-26(42(49)50)22-34(28)44;2*2-1(3)4/h1-22H,23-24H2;;/q;2*-1/p+2. The maximum atomic E-state index is 15.3. The Balaban J connectivity index is 0.000000651. The molecule has 16 heteroatoms. The van der Waals surface area contributed by atoms with Crippen LogP contribution in [0.15, 0.2) is 133 Å². The number of aromatic carboxylic acids is 2. The first-order valence-corrected chi connectivity index (χ1v) is 17.1. The molecular formula is C42H28F2N4O10. The number of carboxylic acids is 2. The van der Waals surface area contributed by atoms with Crippen LogP contribution in [0.4, 0.5) is 8.78 Å². The zero-order valence-electron chi connectivity index (χ0n) is 29.8. The molecule has 2 heterocycles. The Bertz CT molecular complexity index is 2620. The molecule has 0 atom stereocenters. The van der Waals surface area contributed by atoms with Crippen molar-refractivity contribution in [3.63, 3.8) is 0 Å². The minimum absolute atomic E-state index is 0.110. The van der Waals surface area contributed by atoms with Crippen molar-refractivity contribution in [3.8, 4) is 11.1 Å². The molecule has 14 nitrogen and oxygen atoms in total. The number of carbonyl (C=O) groups is 2. The van der Waals surface area contributed by atoms with Gasteiger partial charge in [0, 0.05) is 35.4 Å². The van der Waals surface area contributed by atoms with Gasteiger partial charge in [0.1, 0.15) is 11.6 Å². The van der Waals surface area contributed by atoms with Gasteiger partial charge in [-0.15, -0.1) is 0 Å². The second-order valence-electron chi connectivity index (χ2n) is 12.7. The molecule has 6 aromatic carbocycles. The van der Waals surface area contributed by atoms with Crippen molar-refractivity contribution in [3.05, 3.63) is 198 Å². The first-order chi connectivity index (χ1) is 27.8. The van der Waals surface area contributed by atoms with E-state index in [1.807, 2.05) is 72.8 Å². The summed E-state index contributed by atoms with van der Waals surface area (Å²) in [7, 11) is 0. The maximum absolute atomic E-state index is 15.3. The number of rotatable bonds is 7. The van der Waals surface area contributed by atoms with E-state index in [9.17, 15) is 19.8 Å². The third-order valence-electron chi connectivity index (χ3n) is 9.36. The van der Waals surface area contributed by atoms with Gasteiger partial charge in [0.15, 0.2) is 13.1 Å². The Labute approximate surface area is 325 Å². The molecule has 0 aliphatic carbocycles. The molecule has 0 aliphatic rings. The molecule has 0 fully saturated rings. The van der Waals surface area contributed by atoms with Crippen LogP contribution in [0.3, 0.4) is 0 Å². The van der Waals surface area contributed by atoms with Crippen molar-refractivity contribution in [2.45, 2.75) is 13.1 Å². The summed E-state index contributed by atoms with van der Waals surface area (Å²) in [5.41, 5.74) is 5.97. The van der Waals surface area contributed by atoms with Gasteiger partial charge in [-0.25, -0.2) is 18.4 Å². The predicted octanol–water partition coefficient (Wildman–Crippen LogP) is 7.83. The Kier molecular flexibility index (Phi) is 11.4. The number of nitrogens with zero attached hydrogens (tertiary/aromatic N) is 4. The number of fused-ring (bicyclic) bond motifs is 4. The van der Waals surface area contributed by atoms with Crippen LogP contribution < -0.4 is 9.13 Å². The van der Waals surface area contributed by atoms with Crippen LogP contribution in [-0.4, -0.2) is 32.3 Å². The lowest BCUT2D eigenvalue weighted by molar-refractivity contribution is -0.636. The SMILES string of the molecule is O=C(O)c1ccc(C[n+]2c3ccccc3c(-c3c4ccccc4[n+](Cc4ccc(C(=O)O)cc4F)c4ccccc34)c3ccccc32)c(F)c1.O=[N+]([O-])[O-].O=[N+]([O-])[O-].